The largest absolute Gasteiger partial charge is 0.387 e. The van der Waals surface area contributed by atoms with Crippen molar-refractivity contribution in [2.45, 2.75) is 25.0 Å². The molecule has 1 aromatic carbocycles. The van der Waals surface area contributed by atoms with Gasteiger partial charge in [-0.05, 0) is 49.2 Å². The third kappa shape index (κ3) is 4.73. The van der Waals surface area contributed by atoms with E-state index in [9.17, 15) is 9.90 Å². The lowest BCUT2D eigenvalue weighted by molar-refractivity contribution is 0.0910. The maximum Gasteiger partial charge on any atom is 0.271 e. The summed E-state index contributed by atoms with van der Waals surface area (Å²) in [6, 6.07) is 6.79. The molecule has 1 aliphatic heterocycles. The lowest BCUT2D eigenvalue weighted by Gasteiger charge is -2.22. The number of benzene rings is 1. The summed E-state index contributed by atoms with van der Waals surface area (Å²) < 4.78 is 1.83. The number of aromatic nitrogens is 2. The zero-order valence-corrected chi connectivity index (χ0v) is 15.1. The topological polar surface area (TPSA) is 79.2 Å². The highest BCUT2D eigenvalue weighted by atomic mass is 35.5. The Bertz CT molecular complexity index is 724. The van der Waals surface area contributed by atoms with Crippen LogP contribution < -0.4 is 10.6 Å². The Labute approximate surface area is 156 Å². The van der Waals surface area contributed by atoms with Crippen LogP contribution in [0.2, 0.25) is 10.0 Å². The summed E-state index contributed by atoms with van der Waals surface area (Å²) in [6.45, 7) is 1.93. The number of aliphatic hydroxyl groups is 1. The fourth-order valence-corrected chi connectivity index (χ4v) is 3.43. The van der Waals surface area contributed by atoms with Crippen LogP contribution in [0.5, 0.6) is 0 Å². The van der Waals surface area contributed by atoms with Crippen LogP contribution >= 0.6 is 23.2 Å². The number of halogens is 2. The average Bonchev–Trinajstić information content (AvgIpc) is 3.09. The van der Waals surface area contributed by atoms with Gasteiger partial charge in [0.25, 0.3) is 5.91 Å². The lowest BCUT2D eigenvalue weighted by Crippen LogP contribution is -2.32. The van der Waals surface area contributed by atoms with Crippen molar-refractivity contribution >= 4 is 29.1 Å². The molecule has 0 saturated carbocycles. The first-order valence-electron chi connectivity index (χ1n) is 8.21. The van der Waals surface area contributed by atoms with Crippen molar-refractivity contribution < 1.29 is 9.90 Å². The van der Waals surface area contributed by atoms with Crippen molar-refractivity contribution in [2.75, 3.05) is 19.6 Å². The van der Waals surface area contributed by atoms with E-state index in [2.05, 4.69) is 15.7 Å². The van der Waals surface area contributed by atoms with Gasteiger partial charge in [-0.2, -0.15) is 5.10 Å². The second-order valence-corrected chi connectivity index (χ2v) is 6.98. The summed E-state index contributed by atoms with van der Waals surface area (Å²) in [4.78, 5) is 12.2. The monoisotopic (exact) mass is 382 g/mol. The van der Waals surface area contributed by atoms with Crippen LogP contribution in [0.4, 0.5) is 0 Å². The molecule has 6 nitrogen and oxygen atoms in total. The van der Waals surface area contributed by atoms with Crippen LogP contribution in [0.25, 0.3) is 0 Å². The minimum Gasteiger partial charge on any atom is -0.387 e. The summed E-state index contributed by atoms with van der Waals surface area (Å²) in [5, 5.41) is 21.4. The van der Waals surface area contributed by atoms with Gasteiger partial charge < -0.3 is 15.7 Å². The van der Waals surface area contributed by atoms with Gasteiger partial charge >= 0.3 is 0 Å². The SMILES string of the molecule is O=C(NCC(O)c1cc(Cl)cc(Cl)c1)c1ccn(C2CCCNC2)n1. The molecule has 2 atom stereocenters. The molecule has 3 N–H and O–H groups in total. The van der Waals surface area contributed by atoms with Gasteiger partial charge in [-0.1, -0.05) is 23.2 Å². The van der Waals surface area contributed by atoms with Crippen LogP contribution in [0.15, 0.2) is 30.5 Å². The maximum atomic E-state index is 12.2. The summed E-state index contributed by atoms with van der Waals surface area (Å²) in [5.74, 6) is -0.324. The molecule has 2 aromatic rings. The van der Waals surface area contributed by atoms with Gasteiger partial charge in [0, 0.05) is 29.3 Å². The van der Waals surface area contributed by atoms with Gasteiger partial charge in [-0.3, -0.25) is 9.48 Å². The molecule has 0 radical (unpaired) electrons. The van der Waals surface area contributed by atoms with Crippen molar-refractivity contribution in [1.82, 2.24) is 20.4 Å². The van der Waals surface area contributed by atoms with E-state index in [0.717, 1.165) is 25.9 Å². The molecule has 3 rings (SSSR count). The normalized spacial score (nSPS) is 18.8. The fourth-order valence-electron chi connectivity index (χ4n) is 2.89. The number of nitrogens with one attached hydrogen (secondary N) is 2. The number of piperidine rings is 1. The Balaban J connectivity index is 1.58. The zero-order chi connectivity index (χ0) is 17.8. The molecule has 134 valence electrons. The molecule has 1 aromatic heterocycles. The number of rotatable bonds is 5. The molecular weight excluding hydrogens is 363 g/mol. The standard InChI is InChI=1S/C17H20Cl2N4O2/c18-12-6-11(7-13(19)8-12)16(24)10-21-17(25)15-3-5-23(22-15)14-2-1-4-20-9-14/h3,5-8,14,16,20,24H,1-2,4,9-10H2,(H,21,25). The lowest BCUT2D eigenvalue weighted by atomic mass is 10.1. The first-order valence-corrected chi connectivity index (χ1v) is 8.96. The Morgan fingerprint density at radius 1 is 1.40 bits per heavy atom. The van der Waals surface area contributed by atoms with E-state index in [1.807, 2.05) is 10.9 Å². The van der Waals surface area contributed by atoms with E-state index in [0.29, 0.717) is 21.3 Å². The summed E-state index contributed by atoms with van der Waals surface area (Å²) in [7, 11) is 0. The van der Waals surface area contributed by atoms with Crippen molar-refractivity contribution in [1.29, 1.82) is 0 Å². The molecule has 8 heteroatoms. The smallest absolute Gasteiger partial charge is 0.271 e. The van der Waals surface area contributed by atoms with E-state index in [1.165, 1.54) is 0 Å². The predicted octanol–water partition coefficient (Wildman–Crippen LogP) is 2.58. The van der Waals surface area contributed by atoms with E-state index in [-0.39, 0.29) is 18.5 Å². The Morgan fingerprint density at radius 3 is 2.84 bits per heavy atom. The van der Waals surface area contributed by atoms with Gasteiger partial charge in [-0.25, -0.2) is 0 Å². The second kappa shape index (κ2) is 8.19. The summed E-state index contributed by atoms with van der Waals surface area (Å²) in [5.41, 5.74) is 0.888. The van der Waals surface area contributed by atoms with Crippen LogP contribution in [-0.2, 0) is 0 Å². The fraction of sp³-hybridized carbons (Fsp3) is 0.412. The minimum absolute atomic E-state index is 0.0490. The number of amides is 1. The number of carbonyl (C=O) groups is 1. The maximum absolute atomic E-state index is 12.2. The second-order valence-electron chi connectivity index (χ2n) is 6.11. The van der Waals surface area contributed by atoms with Crippen molar-refractivity contribution in [3.8, 4) is 0 Å². The van der Waals surface area contributed by atoms with Gasteiger partial charge in [0.05, 0.1) is 12.1 Å². The van der Waals surface area contributed by atoms with Crippen molar-refractivity contribution in [2.24, 2.45) is 0 Å². The third-order valence-electron chi connectivity index (χ3n) is 4.21. The van der Waals surface area contributed by atoms with Gasteiger partial charge in [0.2, 0.25) is 0 Å². The Morgan fingerprint density at radius 2 is 2.16 bits per heavy atom. The van der Waals surface area contributed by atoms with E-state index in [1.54, 1.807) is 24.3 Å². The van der Waals surface area contributed by atoms with Crippen LogP contribution in [0.1, 0.15) is 41.0 Å². The third-order valence-corrected chi connectivity index (χ3v) is 4.65. The molecule has 0 bridgehead atoms. The molecular formula is C17H20Cl2N4O2. The number of hydrogen-bond acceptors (Lipinski definition) is 4. The first kappa shape index (κ1) is 18.2. The first-order chi connectivity index (χ1) is 12.0. The van der Waals surface area contributed by atoms with Crippen LogP contribution in [0.3, 0.4) is 0 Å². The van der Waals surface area contributed by atoms with Crippen molar-refractivity contribution in [3.05, 3.63) is 51.8 Å². The quantitative estimate of drug-likeness (QED) is 0.742. The van der Waals surface area contributed by atoms with Gasteiger partial charge in [0.15, 0.2) is 0 Å². The van der Waals surface area contributed by atoms with Crippen molar-refractivity contribution in [3.63, 3.8) is 0 Å². The average molecular weight is 383 g/mol. The molecule has 1 fully saturated rings. The molecule has 25 heavy (non-hydrogen) atoms. The van der Waals surface area contributed by atoms with Gasteiger partial charge in [0.1, 0.15) is 5.69 Å². The van der Waals surface area contributed by atoms with E-state index < -0.39 is 6.10 Å². The summed E-state index contributed by atoms with van der Waals surface area (Å²) >= 11 is 11.9. The van der Waals surface area contributed by atoms with Crippen LogP contribution in [0, 0.1) is 0 Å². The highest BCUT2D eigenvalue weighted by Gasteiger charge is 2.18. The predicted molar refractivity (Wildman–Crippen MR) is 97.1 cm³/mol. The molecule has 0 aliphatic carbocycles. The number of carbonyl (C=O) groups excluding carboxylic acids is 1. The van der Waals surface area contributed by atoms with Crippen LogP contribution in [-0.4, -0.2) is 40.4 Å². The molecule has 2 unspecified atom stereocenters. The molecule has 1 amide bonds. The van der Waals surface area contributed by atoms with E-state index >= 15 is 0 Å². The Kier molecular flexibility index (Phi) is 5.96. The molecule has 0 spiro atoms. The number of nitrogens with zero attached hydrogens (tertiary/aromatic N) is 2. The van der Waals surface area contributed by atoms with E-state index in [4.69, 9.17) is 23.2 Å². The Hall–Kier alpha value is -1.60. The highest BCUT2D eigenvalue weighted by molar-refractivity contribution is 6.34. The molecule has 2 heterocycles. The molecule has 1 saturated heterocycles. The number of aliphatic hydroxyl groups excluding tert-OH is 1. The molecule has 1 aliphatic rings. The summed E-state index contributed by atoms with van der Waals surface area (Å²) in [6.07, 6.45) is 3.06. The van der Waals surface area contributed by atoms with Gasteiger partial charge in [-0.15, -0.1) is 0 Å². The number of hydrogen-bond donors (Lipinski definition) is 3. The zero-order valence-electron chi connectivity index (χ0n) is 13.6. The highest BCUT2D eigenvalue weighted by Crippen LogP contribution is 2.23. The minimum atomic E-state index is -0.898.